The Morgan fingerprint density at radius 2 is 1.85 bits per heavy atom. The predicted octanol–water partition coefficient (Wildman–Crippen LogP) is 3.17. The lowest BCUT2D eigenvalue weighted by Crippen LogP contribution is -2.49. The molecular weight excluding hydrogens is 444 g/mol. The van der Waals surface area contributed by atoms with Crippen LogP contribution in [-0.4, -0.2) is 65.7 Å². The Kier molecular flexibility index (Phi) is 6.13. The zero-order valence-electron chi connectivity index (χ0n) is 18.2. The van der Waals surface area contributed by atoms with Crippen molar-refractivity contribution in [1.29, 1.82) is 0 Å². The van der Waals surface area contributed by atoms with Crippen LogP contribution in [0.3, 0.4) is 0 Å². The van der Waals surface area contributed by atoms with E-state index in [0.29, 0.717) is 72.9 Å². The zero-order valence-corrected chi connectivity index (χ0v) is 18.9. The average molecular weight is 469 g/mol. The molecule has 4 aliphatic rings. The number of piperazine rings is 1. The number of aromatic nitrogens is 2. The van der Waals surface area contributed by atoms with E-state index in [9.17, 15) is 9.59 Å². The summed E-state index contributed by atoms with van der Waals surface area (Å²) in [6, 6.07) is 5.31. The molecule has 5 heterocycles. The molecule has 1 saturated heterocycles. The number of nitrogens with one attached hydrogen (secondary N) is 1. The predicted molar refractivity (Wildman–Crippen MR) is 126 cm³/mol. The second kappa shape index (κ2) is 9.35. The van der Waals surface area contributed by atoms with Gasteiger partial charge < -0.3 is 19.9 Å². The number of carbonyl (C=O) groups is 2. The molecular formula is C23H25ClN6O3. The molecule has 0 radical (unpaired) electrons. The Bertz CT molecular complexity index is 1100. The van der Waals surface area contributed by atoms with Crippen molar-refractivity contribution in [2.24, 2.45) is 4.99 Å². The molecule has 1 aromatic heterocycles. The van der Waals surface area contributed by atoms with Crippen LogP contribution in [0, 0.1) is 0 Å². The highest BCUT2D eigenvalue weighted by Crippen LogP contribution is 2.37. The van der Waals surface area contributed by atoms with Crippen molar-refractivity contribution in [3.05, 3.63) is 35.1 Å². The van der Waals surface area contributed by atoms with Gasteiger partial charge in [0.15, 0.2) is 0 Å². The van der Waals surface area contributed by atoms with Crippen molar-refractivity contribution < 1.29 is 14.3 Å². The molecule has 0 aliphatic carbocycles. The van der Waals surface area contributed by atoms with E-state index in [1.807, 2.05) is 4.90 Å². The number of fused-ring (bicyclic) bond motifs is 8. The van der Waals surface area contributed by atoms with Crippen molar-refractivity contribution in [2.45, 2.75) is 31.6 Å². The van der Waals surface area contributed by atoms with Crippen LogP contribution in [0.15, 0.2) is 29.5 Å². The van der Waals surface area contributed by atoms with Gasteiger partial charge >= 0.3 is 0 Å². The number of anilines is 2. The SMILES string of the molecule is O=C1Nc2ncnc3c2C1C=Nc1cc(ccc1Cl)OCCCCCC(=O)N1CCN3CC1. The molecule has 2 aromatic rings. The first kappa shape index (κ1) is 21.6. The van der Waals surface area contributed by atoms with E-state index in [1.165, 1.54) is 6.33 Å². The summed E-state index contributed by atoms with van der Waals surface area (Å²) in [4.78, 5) is 42.7. The third kappa shape index (κ3) is 4.50. The first-order valence-electron chi connectivity index (χ1n) is 11.2. The third-order valence-electron chi connectivity index (χ3n) is 6.21. The summed E-state index contributed by atoms with van der Waals surface area (Å²) in [7, 11) is 0. The molecule has 10 heteroatoms. The van der Waals surface area contributed by atoms with Crippen LogP contribution in [0.1, 0.15) is 37.2 Å². The molecule has 1 aromatic carbocycles. The largest absolute Gasteiger partial charge is 0.494 e. The lowest BCUT2D eigenvalue weighted by molar-refractivity contribution is -0.131. The van der Waals surface area contributed by atoms with Gasteiger partial charge in [0.25, 0.3) is 0 Å². The number of carbonyl (C=O) groups excluding carboxylic acids is 2. The van der Waals surface area contributed by atoms with Crippen molar-refractivity contribution >= 4 is 47.0 Å². The van der Waals surface area contributed by atoms with Gasteiger partial charge in [-0.1, -0.05) is 11.6 Å². The van der Waals surface area contributed by atoms with Crippen LogP contribution in [0.4, 0.5) is 17.3 Å². The standard InChI is InChI=1S/C23H25ClN6O3/c24-17-6-5-15-12-18(17)25-13-16-20-21(28-23(16)32)26-14-27-22(20)30-9-7-29(8-10-30)19(31)4-2-1-3-11-33-15/h5-6,12-14,16H,1-4,7-11H2,(H,26,27,28,32). The zero-order chi connectivity index (χ0) is 22.8. The molecule has 1 N–H and O–H groups in total. The highest BCUT2D eigenvalue weighted by Gasteiger charge is 2.36. The fraction of sp³-hybridized carbons (Fsp3) is 0.435. The van der Waals surface area contributed by atoms with E-state index in [-0.39, 0.29) is 11.8 Å². The van der Waals surface area contributed by atoms with Crippen molar-refractivity contribution in [3.63, 3.8) is 0 Å². The molecule has 4 bridgehead atoms. The fourth-order valence-electron chi connectivity index (χ4n) is 4.40. The Hall–Kier alpha value is -3.20. The fourth-order valence-corrected chi connectivity index (χ4v) is 4.57. The lowest BCUT2D eigenvalue weighted by Gasteiger charge is -2.36. The molecule has 33 heavy (non-hydrogen) atoms. The minimum Gasteiger partial charge on any atom is -0.494 e. The quantitative estimate of drug-likeness (QED) is 0.637. The molecule has 1 atom stereocenters. The number of ether oxygens (including phenoxy) is 1. The summed E-state index contributed by atoms with van der Waals surface area (Å²) in [6.07, 6.45) is 6.22. The molecule has 6 rings (SSSR count). The number of hydrogen-bond acceptors (Lipinski definition) is 7. The first-order valence-corrected chi connectivity index (χ1v) is 11.6. The van der Waals surface area contributed by atoms with Gasteiger partial charge in [-0.05, 0) is 31.4 Å². The summed E-state index contributed by atoms with van der Waals surface area (Å²) in [5.74, 6) is 1.19. The molecule has 2 amide bonds. The minimum absolute atomic E-state index is 0.186. The second-order valence-corrected chi connectivity index (χ2v) is 8.75. The Morgan fingerprint density at radius 3 is 2.70 bits per heavy atom. The highest BCUT2D eigenvalue weighted by atomic mass is 35.5. The average Bonchev–Trinajstić information content (AvgIpc) is 3.15. The van der Waals surface area contributed by atoms with E-state index in [1.54, 1.807) is 24.4 Å². The van der Waals surface area contributed by atoms with Crippen molar-refractivity contribution in [3.8, 4) is 5.75 Å². The molecule has 172 valence electrons. The Morgan fingerprint density at radius 1 is 1.03 bits per heavy atom. The minimum atomic E-state index is -0.640. The number of hydrogen-bond donors (Lipinski definition) is 1. The molecule has 9 nitrogen and oxygen atoms in total. The van der Waals surface area contributed by atoms with Crippen LogP contribution in [0.25, 0.3) is 0 Å². The molecule has 0 spiro atoms. The molecule has 4 aliphatic heterocycles. The maximum atomic E-state index is 12.8. The molecule has 0 saturated carbocycles. The summed E-state index contributed by atoms with van der Waals surface area (Å²) < 4.78 is 5.85. The summed E-state index contributed by atoms with van der Waals surface area (Å²) in [5, 5.41) is 3.31. The monoisotopic (exact) mass is 468 g/mol. The smallest absolute Gasteiger partial charge is 0.238 e. The van der Waals surface area contributed by atoms with Gasteiger partial charge in [-0.15, -0.1) is 0 Å². The molecule has 1 fully saturated rings. The van der Waals surface area contributed by atoms with Crippen LogP contribution in [0.2, 0.25) is 5.02 Å². The second-order valence-electron chi connectivity index (χ2n) is 8.34. The Labute approximate surface area is 196 Å². The third-order valence-corrected chi connectivity index (χ3v) is 6.53. The van der Waals surface area contributed by atoms with Crippen LogP contribution in [0.5, 0.6) is 5.75 Å². The number of aliphatic imine (C=N–C) groups is 1. The van der Waals surface area contributed by atoms with E-state index in [4.69, 9.17) is 16.3 Å². The summed E-state index contributed by atoms with van der Waals surface area (Å²) in [5.41, 5.74) is 1.23. The number of halogens is 1. The topological polar surface area (TPSA) is 100 Å². The summed E-state index contributed by atoms with van der Waals surface area (Å²) in [6.45, 7) is 3.10. The normalized spacial score (nSPS) is 21.1. The maximum Gasteiger partial charge on any atom is 0.238 e. The van der Waals surface area contributed by atoms with Gasteiger partial charge in [-0.25, -0.2) is 9.97 Å². The van der Waals surface area contributed by atoms with Gasteiger partial charge in [0.05, 0.1) is 22.9 Å². The van der Waals surface area contributed by atoms with Crippen LogP contribution >= 0.6 is 11.6 Å². The van der Waals surface area contributed by atoms with E-state index in [0.717, 1.165) is 19.3 Å². The number of nitrogens with zero attached hydrogens (tertiary/aromatic N) is 5. The van der Waals surface area contributed by atoms with Crippen LogP contribution in [-0.2, 0) is 9.59 Å². The van der Waals surface area contributed by atoms with Crippen LogP contribution < -0.4 is 15.0 Å². The van der Waals surface area contributed by atoms with Gasteiger partial charge in [0, 0.05) is 44.9 Å². The van der Waals surface area contributed by atoms with Crippen molar-refractivity contribution in [2.75, 3.05) is 43.0 Å². The van der Waals surface area contributed by atoms with Crippen molar-refractivity contribution in [1.82, 2.24) is 14.9 Å². The van der Waals surface area contributed by atoms with Gasteiger partial charge in [-0.3, -0.25) is 14.6 Å². The van der Waals surface area contributed by atoms with Gasteiger partial charge in [-0.2, -0.15) is 0 Å². The number of benzene rings is 1. The molecule has 1 unspecified atom stereocenters. The Balaban J connectivity index is 1.50. The maximum absolute atomic E-state index is 12.8. The van der Waals surface area contributed by atoms with Gasteiger partial charge in [0.1, 0.15) is 29.6 Å². The number of rotatable bonds is 0. The first-order chi connectivity index (χ1) is 16.1. The number of amides is 2. The van der Waals surface area contributed by atoms with E-state index >= 15 is 0 Å². The van der Waals surface area contributed by atoms with Gasteiger partial charge in [0.2, 0.25) is 11.8 Å². The lowest BCUT2D eigenvalue weighted by atomic mass is 10.0. The highest BCUT2D eigenvalue weighted by molar-refractivity contribution is 6.33. The summed E-state index contributed by atoms with van der Waals surface area (Å²) >= 11 is 6.35. The van der Waals surface area contributed by atoms with E-state index in [2.05, 4.69) is 25.2 Å². The van der Waals surface area contributed by atoms with E-state index < -0.39 is 5.92 Å².